The minimum Gasteiger partial charge on any atom is -0.490 e. The van der Waals surface area contributed by atoms with Gasteiger partial charge in [0.15, 0.2) is 5.82 Å². The van der Waals surface area contributed by atoms with Crippen LogP contribution in [-0.2, 0) is 4.74 Å². The Morgan fingerprint density at radius 1 is 1.39 bits per heavy atom. The van der Waals surface area contributed by atoms with Crippen molar-refractivity contribution in [3.05, 3.63) is 21.6 Å². The summed E-state index contributed by atoms with van der Waals surface area (Å²) in [6, 6.07) is 1.40. The summed E-state index contributed by atoms with van der Waals surface area (Å²) in [6.45, 7) is 7.14. The Balaban J connectivity index is 1.71. The number of aromatic nitrogens is 2. The predicted molar refractivity (Wildman–Crippen MR) is 107 cm³/mol. The SMILES string of the molecule is CC(C)(C)OC(=O)N1CCN2c3nc(Cl)nc4c(F)c(Br)cc(c34)OC[C@@H]2C1. The van der Waals surface area contributed by atoms with Crippen LogP contribution < -0.4 is 9.64 Å². The van der Waals surface area contributed by atoms with Gasteiger partial charge in [-0.05, 0) is 54.4 Å². The molecule has 3 heterocycles. The summed E-state index contributed by atoms with van der Waals surface area (Å²) in [7, 11) is 0. The average molecular weight is 474 g/mol. The number of hydrogen-bond acceptors (Lipinski definition) is 6. The summed E-state index contributed by atoms with van der Waals surface area (Å²) in [6.07, 6.45) is -0.367. The molecule has 0 saturated carbocycles. The van der Waals surface area contributed by atoms with Crippen molar-refractivity contribution in [1.82, 2.24) is 14.9 Å². The highest BCUT2D eigenvalue weighted by Gasteiger charge is 2.37. The number of ether oxygens (including phenoxy) is 2. The number of benzene rings is 1. The second kappa shape index (κ2) is 6.88. The van der Waals surface area contributed by atoms with Crippen molar-refractivity contribution < 1.29 is 18.7 Å². The zero-order chi connectivity index (χ0) is 20.2. The van der Waals surface area contributed by atoms with Gasteiger partial charge in [-0.1, -0.05) is 0 Å². The summed E-state index contributed by atoms with van der Waals surface area (Å²) in [4.78, 5) is 24.5. The van der Waals surface area contributed by atoms with Gasteiger partial charge in [0.2, 0.25) is 5.28 Å². The number of fused-ring (bicyclic) bond motifs is 2. The molecule has 0 radical (unpaired) electrons. The van der Waals surface area contributed by atoms with Crippen LogP contribution in [0.5, 0.6) is 5.75 Å². The summed E-state index contributed by atoms with van der Waals surface area (Å²) >= 11 is 9.28. The standard InChI is InChI=1S/C18H19BrClFN4O3/c1-18(2,3)28-17(26)24-4-5-25-9(7-24)8-27-11-6-10(19)13(21)14-12(11)15(25)23-16(20)22-14/h6,9H,4-5,7-8H2,1-3H3/t9-/m0/s1. The zero-order valence-electron chi connectivity index (χ0n) is 15.6. The largest absolute Gasteiger partial charge is 0.490 e. The quantitative estimate of drug-likeness (QED) is 0.539. The first-order valence-electron chi connectivity index (χ1n) is 8.86. The van der Waals surface area contributed by atoms with Gasteiger partial charge in [-0.25, -0.2) is 14.2 Å². The molecule has 7 nitrogen and oxygen atoms in total. The highest BCUT2D eigenvalue weighted by atomic mass is 79.9. The summed E-state index contributed by atoms with van der Waals surface area (Å²) in [5.41, 5.74) is -0.463. The summed E-state index contributed by atoms with van der Waals surface area (Å²) < 4.78 is 26.3. The van der Waals surface area contributed by atoms with E-state index in [0.29, 0.717) is 43.2 Å². The van der Waals surface area contributed by atoms with Gasteiger partial charge in [-0.3, -0.25) is 0 Å². The van der Waals surface area contributed by atoms with Crippen molar-refractivity contribution in [2.75, 3.05) is 31.1 Å². The molecule has 2 aromatic rings. The number of halogens is 3. The van der Waals surface area contributed by atoms with Gasteiger partial charge in [0.25, 0.3) is 0 Å². The molecular weight excluding hydrogens is 455 g/mol. The highest BCUT2D eigenvalue weighted by molar-refractivity contribution is 9.10. The second-order valence-corrected chi connectivity index (χ2v) is 8.99. The fourth-order valence-electron chi connectivity index (χ4n) is 3.45. The Morgan fingerprint density at radius 3 is 2.86 bits per heavy atom. The van der Waals surface area contributed by atoms with E-state index in [2.05, 4.69) is 25.9 Å². The first-order chi connectivity index (χ1) is 13.1. The van der Waals surface area contributed by atoms with Gasteiger partial charge in [0, 0.05) is 19.6 Å². The van der Waals surface area contributed by atoms with Crippen molar-refractivity contribution in [2.24, 2.45) is 0 Å². The van der Waals surface area contributed by atoms with E-state index in [1.54, 1.807) is 11.0 Å². The second-order valence-electron chi connectivity index (χ2n) is 7.79. The van der Waals surface area contributed by atoms with E-state index in [0.717, 1.165) is 0 Å². The smallest absolute Gasteiger partial charge is 0.410 e. The third kappa shape index (κ3) is 3.45. The van der Waals surface area contributed by atoms with Crippen LogP contribution in [0.2, 0.25) is 5.28 Å². The average Bonchev–Trinajstić information content (AvgIpc) is 2.75. The van der Waals surface area contributed by atoms with Crippen molar-refractivity contribution >= 4 is 50.3 Å². The molecule has 150 valence electrons. The maximum absolute atomic E-state index is 14.6. The van der Waals surface area contributed by atoms with E-state index in [-0.39, 0.29) is 27.4 Å². The van der Waals surface area contributed by atoms with Gasteiger partial charge in [0.05, 0.1) is 15.9 Å². The van der Waals surface area contributed by atoms with Crippen molar-refractivity contribution in [2.45, 2.75) is 32.4 Å². The lowest BCUT2D eigenvalue weighted by Gasteiger charge is -2.41. The van der Waals surface area contributed by atoms with E-state index in [4.69, 9.17) is 21.1 Å². The Kier molecular flexibility index (Phi) is 4.78. The van der Waals surface area contributed by atoms with Gasteiger partial charge in [0.1, 0.15) is 29.3 Å². The van der Waals surface area contributed by atoms with E-state index in [9.17, 15) is 9.18 Å². The third-order valence-electron chi connectivity index (χ3n) is 4.62. The molecule has 10 heteroatoms. The number of nitrogens with zero attached hydrogens (tertiary/aromatic N) is 4. The normalized spacial score (nSPS) is 19.1. The minimum absolute atomic E-state index is 0.0410. The first-order valence-corrected chi connectivity index (χ1v) is 10.0. The number of carbonyl (C=O) groups is 1. The summed E-state index contributed by atoms with van der Waals surface area (Å²) in [5.74, 6) is 0.481. The van der Waals surface area contributed by atoms with Crippen LogP contribution in [0.15, 0.2) is 10.5 Å². The zero-order valence-corrected chi connectivity index (χ0v) is 18.0. The monoisotopic (exact) mass is 472 g/mol. The number of hydrogen-bond donors (Lipinski definition) is 0. The molecular formula is C18H19BrClFN4O3. The molecule has 0 N–H and O–H groups in total. The van der Waals surface area contributed by atoms with Gasteiger partial charge in [-0.15, -0.1) is 0 Å². The Bertz CT molecular complexity index is 968. The van der Waals surface area contributed by atoms with E-state index < -0.39 is 11.4 Å². The van der Waals surface area contributed by atoms with Crippen LogP contribution in [0, 0.1) is 5.82 Å². The molecule has 1 atom stereocenters. The molecule has 1 aromatic carbocycles. The van der Waals surface area contributed by atoms with Crippen LogP contribution in [0.4, 0.5) is 15.0 Å². The Hall–Kier alpha value is -1.87. The molecule has 0 unspecified atom stereocenters. The van der Waals surface area contributed by atoms with Crippen LogP contribution in [0.25, 0.3) is 10.9 Å². The third-order valence-corrected chi connectivity index (χ3v) is 5.37. The van der Waals surface area contributed by atoms with E-state index in [1.807, 2.05) is 25.7 Å². The van der Waals surface area contributed by atoms with Crippen molar-refractivity contribution in [1.29, 1.82) is 0 Å². The number of amides is 1. The maximum atomic E-state index is 14.6. The molecule has 1 saturated heterocycles. The molecule has 2 aliphatic heterocycles. The van der Waals surface area contributed by atoms with Crippen LogP contribution in [0.3, 0.4) is 0 Å². The fraction of sp³-hybridized carbons (Fsp3) is 0.500. The topological polar surface area (TPSA) is 67.8 Å². The Morgan fingerprint density at radius 2 is 2.14 bits per heavy atom. The van der Waals surface area contributed by atoms with E-state index >= 15 is 0 Å². The number of anilines is 1. The van der Waals surface area contributed by atoms with E-state index in [1.165, 1.54) is 0 Å². The lowest BCUT2D eigenvalue weighted by Crippen LogP contribution is -2.57. The number of piperazine rings is 1. The minimum atomic E-state index is -0.569. The lowest BCUT2D eigenvalue weighted by atomic mass is 10.1. The molecule has 4 rings (SSSR count). The van der Waals surface area contributed by atoms with Crippen LogP contribution >= 0.6 is 27.5 Å². The molecule has 28 heavy (non-hydrogen) atoms. The maximum Gasteiger partial charge on any atom is 0.410 e. The molecule has 0 aliphatic carbocycles. The van der Waals surface area contributed by atoms with Crippen molar-refractivity contribution in [3.8, 4) is 5.75 Å². The lowest BCUT2D eigenvalue weighted by molar-refractivity contribution is 0.0202. The van der Waals surface area contributed by atoms with Gasteiger partial charge in [-0.2, -0.15) is 4.98 Å². The van der Waals surface area contributed by atoms with Gasteiger partial charge >= 0.3 is 6.09 Å². The first kappa shape index (κ1) is 19.4. The fourth-order valence-corrected chi connectivity index (χ4v) is 4.01. The van der Waals surface area contributed by atoms with Gasteiger partial charge < -0.3 is 19.3 Å². The molecule has 0 bridgehead atoms. The number of rotatable bonds is 0. The number of carbonyl (C=O) groups excluding carboxylic acids is 1. The molecule has 2 aliphatic rings. The summed E-state index contributed by atoms with van der Waals surface area (Å²) in [5, 5.41) is 0.444. The van der Waals surface area contributed by atoms with Crippen LogP contribution in [-0.4, -0.2) is 58.8 Å². The van der Waals surface area contributed by atoms with Crippen LogP contribution in [0.1, 0.15) is 20.8 Å². The molecule has 1 fully saturated rings. The highest BCUT2D eigenvalue weighted by Crippen LogP contribution is 2.41. The predicted octanol–water partition coefficient (Wildman–Crippen LogP) is 4.00. The Labute approximate surface area is 174 Å². The van der Waals surface area contributed by atoms with Crippen molar-refractivity contribution in [3.63, 3.8) is 0 Å². The molecule has 1 aromatic heterocycles. The molecule has 1 amide bonds. The molecule has 0 spiro atoms.